The maximum Gasteiger partial charge on any atom is 0.148 e. The molecule has 1 aromatic heterocycles. The summed E-state index contributed by atoms with van der Waals surface area (Å²) < 4.78 is 6.24. The van der Waals surface area contributed by atoms with E-state index in [1.807, 2.05) is 24.3 Å². The lowest BCUT2D eigenvalue weighted by Crippen LogP contribution is -2.28. The molecule has 0 spiro atoms. The molecule has 0 aliphatic heterocycles. The maximum atomic E-state index is 9.30. The van der Waals surface area contributed by atoms with Gasteiger partial charge in [-0.2, -0.15) is 5.26 Å². The van der Waals surface area contributed by atoms with E-state index in [1.165, 1.54) is 19.3 Å². The summed E-state index contributed by atoms with van der Waals surface area (Å²) in [6, 6.07) is 10.0. The van der Waals surface area contributed by atoms with Crippen LogP contribution in [0.5, 0.6) is 5.75 Å². The van der Waals surface area contributed by atoms with Crippen LogP contribution in [0.4, 0.5) is 0 Å². The van der Waals surface area contributed by atoms with Gasteiger partial charge in [0.05, 0.1) is 5.52 Å². The van der Waals surface area contributed by atoms with E-state index in [2.05, 4.69) is 18.0 Å². The lowest BCUT2D eigenvalue weighted by molar-refractivity contribution is 0.104. The molecule has 1 saturated carbocycles. The van der Waals surface area contributed by atoms with Crippen LogP contribution in [0.1, 0.15) is 38.2 Å². The molecule has 102 valence electrons. The fourth-order valence-corrected chi connectivity index (χ4v) is 2.93. The first-order valence-electron chi connectivity index (χ1n) is 7.24. The zero-order chi connectivity index (χ0) is 13.9. The summed E-state index contributed by atoms with van der Waals surface area (Å²) in [5, 5.41) is 10.2. The van der Waals surface area contributed by atoms with Crippen LogP contribution in [0.15, 0.2) is 30.5 Å². The molecule has 3 nitrogen and oxygen atoms in total. The fourth-order valence-electron chi connectivity index (χ4n) is 2.93. The van der Waals surface area contributed by atoms with Crippen molar-refractivity contribution >= 4 is 10.9 Å². The molecule has 3 rings (SSSR count). The van der Waals surface area contributed by atoms with Gasteiger partial charge in [0, 0.05) is 11.6 Å². The summed E-state index contributed by atoms with van der Waals surface area (Å²) in [6.07, 6.45) is 6.59. The van der Waals surface area contributed by atoms with Gasteiger partial charge in [-0.3, -0.25) is 4.98 Å². The molecule has 0 N–H and O–H groups in total. The summed E-state index contributed by atoms with van der Waals surface area (Å²) in [6.45, 7) is 2.24. The third-order valence-electron chi connectivity index (χ3n) is 4.15. The fraction of sp³-hybridized carbons (Fsp3) is 0.412. The van der Waals surface area contributed by atoms with Crippen LogP contribution < -0.4 is 4.74 Å². The summed E-state index contributed by atoms with van der Waals surface area (Å²) in [5.74, 6) is 1.25. The van der Waals surface area contributed by atoms with Crippen molar-refractivity contribution < 1.29 is 4.74 Å². The number of nitrogens with zero attached hydrogens (tertiary/aromatic N) is 2. The first kappa shape index (κ1) is 12.9. The Morgan fingerprint density at radius 1 is 1.25 bits per heavy atom. The number of ether oxygens (including phenoxy) is 1. The number of benzene rings is 1. The van der Waals surface area contributed by atoms with Crippen molar-refractivity contribution in [3.63, 3.8) is 0 Å². The first-order chi connectivity index (χ1) is 9.79. The molecule has 20 heavy (non-hydrogen) atoms. The highest BCUT2D eigenvalue weighted by Crippen LogP contribution is 2.33. The minimum absolute atomic E-state index is 0.210. The third kappa shape index (κ3) is 2.34. The number of aromatic nitrogens is 1. The Labute approximate surface area is 119 Å². The highest BCUT2D eigenvalue weighted by Gasteiger charge is 2.24. The zero-order valence-electron chi connectivity index (χ0n) is 11.7. The van der Waals surface area contributed by atoms with Crippen LogP contribution in [0.25, 0.3) is 10.9 Å². The molecule has 0 amide bonds. The Kier molecular flexibility index (Phi) is 3.56. The van der Waals surface area contributed by atoms with Crippen molar-refractivity contribution in [2.24, 2.45) is 5.92 Å². The molecule has 1 aromatic carbocycles. The standard InChI is InChI=1S/C17H18N2O/c1-12-6-2-5-9-16(12)20-17-13(10-18)11-19-15-8-4-3-7-14(15)17/h3-4,7-8,11-12,16H,2,5-6,9H2,1H3. The molecular weight excluding hydrogens is 248 g/mol. The van der Waals surface area contributed by atoms with Gasteiger partial charge in [-0.25, -0.2) is 0 Å². The topological polar surface area (TPSA) is 45.9 Å². The molecule has 1 heterocycles. The minimum atomic E-state index is 0.210. The number of nitriles is 1. The van der Waals surface area contributed by atoms with E-state index < -0.39 is 0 Å². The van der Waals surface area contributed by atoms with Gasteiger partial charge < -0.3 is 4.74 Å². The van der Waals surface area contributed by atoms with Crippen LogP contribution in [0.2, 0.25) is 0 Å². The van der Waals surface area contributed by atoms with Crippen molar-refractivity contribution in [3.05, 3.63) is 36.0 Å². The molecule has 0 saturated heterocycles. The molecular formula is C17H18N2O. The van der Waals surface area contributed by atoms with Gasteiger partial charge in [0.25, 0.3) is 0 Å². The summed E-state index contributed by atoms with van der Waals surface area (Å²) >= 11 is 0. The van der Waals surface area contributed by atoms with Crippen LogP contribution >= 0.6 is 0 Å². The van der Waals surface area contributed by atoms with E-state index >= 15 is 0 Å². The van der Waals surface area contributed by atoms with Gasteiger partial charge in [-0.1, -0.05) is 25.5 Å². The third-order valence-corrected chi connectivity index (χ3v) is 4.15. The van der Waals surface area contributed by atoms with Crippen LogP contribution in [0, 0.1) is 17.2 Å². The lowest BCUT2D eigenvalue weighted by atomic mass is 9.88. The van der Waals surface area contributed by atoms with Crippen LogP contribution in [-0.2, 0) is 0 Å². The van der Waals surface area contributed by atoms with Crippen molar-refractivity contribution in [3.8, 4) is 11.8 Å². The number of pyridine rings is 1. The van der Waals surface area contributed by atoms with Gasteiger partial charge >= 0.3 is 0 Å². The molecule has 1 aliphatic rings. The number of hydrogen-bond acceptors (Lipinski definition) is 3. The van der Waals surface area contributed by atoms with E-state index in [0.717, 1.165) is 17.3 Å². The van der Waals surface area contributed by atoms with Gasteiger partial charge in [0.15, 0.2) is 0 Å². The van der Waals surface area contributed by atoms with E-state index in [4.69, 9.17) is 4.74 Å². The molecule has 2 aromatic rings. The Bertz CT molecular complexity index is 660. The molecule has 1 fully saturated rings. The smallest absolute Gasteiger partial charge is 0.148 e. The Morgan fingerprint density at radius 2 is 2.05 bits per heavy atom. The van der Waals surface area contributed by atoms with Crippen molar-refractivity contribution in [1.82, 2.24) is 4.98 Å². The second-order valence-corrected chi connectivity index (χ2v) is 5.55. The SMILES string of the molecule is CC1CCCCC1Oc1c(C#N)cnc2ccccc12. The average molecular weight is 266 g/mol. The van der Waals surface area contributed by atoms with E-state index in [-0.39, 0.29) is 6.10 Å². The Hall–Kier alpha value is -2.08. The second kappa shape index (κ2) is 5.50. The zero-order valence-corrected chi connectivity index (χ0v) is 11.7. The van der Waals surface area contributed by atoms with Gasteiger partial charge in [-0.05, 0) is 37.3 Å². The van der Waals surface area contributed by atoms with Crippen molar-refractivity contribution in [1.29, 1.82) is 5.26 Å². The maximum absolute atomic E-state index is 9.30. The quantitative estimate of drug-likeness (QED) is 0.823. The highest BCUT2D eigenvalue weighted by molar-refractivity contribution is 5.87. The van der Waals surface area contributed by atoms with Crippen LogP contribution in [-0.4, -0.2) is 11.1 Å². The number of rotatable bonds is 2. The second-order valence-electron chi connectivity index (χ2n) is 5.55. The van der Waals surface area contributed by atoms with Crippen LogP contribution in [0.3, 0.4) is 0 Å². The van der Waals surface area contributed by atoms with Gasteiger partial charge in [0.2, 0.25) is 0 Å². The average Bonchev–Trinajstić information content (AvgIpc) is 2.50. The molecule has 0 bridgehead atoms. The molecule has 2 unspecified atom stereocenters. The molecule has 0 radical (unpaired) electrons. The summed E-state index contributed by atoms with van der Waals surface area (Å²) in [4.78, 5) is 4.32. The highest BCUT2D eigenvalue weighted by atomic mass is 16.5. The monoisotopic (exact) mass is 266 g/mol. The molecule has 2 atom stereocenters. The summed E-state index contributed by atoms with van der Waals surface area (Å²) in [7, 11) is 0. The normalized spacial score (nSPS) is 22.4. The summed E-state index contributed by atoms with van der Waals surface area (Å²) in [5.41, 5.74) is 1.41. The predicted molar refractivity (Wildman–Crippen MR) is 78.5 cm³/mol. The largest absolute Gasteiger partial charge is 0.488 e. The van der Waals surface area contributed by atoms with E-state index in [1.54, 1.807) is 6.20 Å². The lowest BCUT2D eigenvalue weighted by Gasteiger charge is -2.30. The number of fused-ring (bicyclic) bond motifs is 1. The van der Waals surface area contributed by atoms with E-state index in [0.29, 0.717) is 17.2 Å². The number of hydrogen-bond donors (Lipinski definition) is 0. The van der Waals surface area contributed by atoms with Crippen molar-refractivity contribution in [2.75, 3.05) is 0 Å². The van der Waals surface area contributed by atoms with Gasteiger partial charge in [-0.15, -0.1) is 0 Å². The Morgan fingerprint density at radius 3 is 2.85 bits per heavy atom. The number of para-hydroxylation sites is 1. The molecule has 3 heteroatoms. The molecule has 1 aliphatic carbocycles. The van der Waals surface area contributed by atoms with Crippen molar-refractivity contribution in [2.45, 2.75) is 38.7 Å². The minimum Gasteiger partial charge on any atom is -0.488 e. The van der Waals surface area contributed by atoms with E-state index in [9.17, 15) is 5.26 Å². The predicted octanol–water partition coefficient (Wildman–Crippen LogP) is 4.06. The Balaban J connectivity index is 2.02. The van der Waals surface area contributed by atoms with Gasteiger partial charge in [0.1, 0.15) is 23.5 Å². The first-order valence-corrected chi connectivity index (χ1v) is 7.24.